The Hall–Kier alpha value is -3.63. The molecule has 0 spiro atoms. The molecule has 9 heteroatoms. The number of aldehydes is 2. The van der Waals surface area contributed by atoms with Gasteiger partial charge in [0.2, 0.25) is 0 Å². The molecule has 3 aromatic carbocycles. The lowest BCUT2D eigenvalue weighted by atomic mass is 10.1. The van der Waals surface area contributed by atoms with Crippen molar-refractivity contribution in [2.24, 2.45) is 0 Å². The molecular weight excluding hydrogens is 623 g/mol. The van der Waals surface area contributed by atoms with Gasteiger partial charge in [-0.2, -0.15) is 4.57 Å². The molecular formula is C38H46N5O2S2+. The molecule has 0 radical (unpaired) electrons. The van der Waals surface area contributed by atoms with Crippen LogP contribution in [0, 0.1) is 0 Å². The van der Waals surface area contributed by atoms with Crippen LogP contribution in [-0.2, 0) is 9.59 Å². The van der Waals surface area contributed by atoms with Crippen LogP contribution in [0.4, 0.5) is 11.5 Å². The molecule has 0 atom stereocenters. The van der Waals surface area contributed by atoms with Gasteiger partial charge >= 0.3 is 0 Å². The van der Waals surface area contributed by atoms with Crippen LogP contribution in [0.15, 0.2) is 93.7 Å². The predicted octanol–water partition coefficient (Wildman–Crippen LogP) is 6.62. The largest absolute Gasteiger partial charge is 0.338 e. The van der Waals surface area contributed by atoms with Crippen molar-refractivity contribution in [3.8, 4) is 5.69 Å². The number of para-hydroxylation sites is 2. The molecule has 6 rings (SSSR count). The van der Waals surface area contributed by atoms with E-state index < -0.39 is 10.2 Å². The number of pyridine rings is 1. The average Bonchev–Trinajstić information content (AvgIpc) is 3.41. The zero-order valence-corrected chi connectivity index (χ0v) is 29.6. The number of piperidine rings is 1. The summed E-state index contributed by atoms with van der Waals surface area (Å²) in [6, 6.07) is 28.2. The van der Waals surface area contributed by atoms with E-state index in [1.54, 1.807) is 11.8 Å². The number of hydrogen-bond donors (Lipinski definition) is 0. The van der Waals surface area contributed by atoms with Crippen molar-refractivity contribution in [2.45, 2.75) is 29.1 Å². The number of carbonyl (C=O) groups excluding carboxylic acids is 2. The molecule has 0 unspecified atom stereocenters. The summed E-state index contributed by atoms with van der Waals surface area (Å²) in [5.41, 5.74) is 4.60. The van der Waals surface area contributed by atoms with Crippen LogP contribution in [0.2, 0.25) is 0 Å². The molecule has 0 bridgehead atoms. The van der Waals surface area contributed by atoms with E-state index in [1.165, 1.54) is 16.7 Å². The summed E-state index contributed by atoms with van der Waals surface area (Å²) < 4.78 is 4.83. The molecule has 0 saturated carbocycles. The summed E-state index contributed by atoms with van der Waals surface area (Å²) in [4.78, 5) is 33.3. The Bertz CT molecular complexity index is 1760. The Morgan fingerprint density at radius 2 is 1.55 bits per heavy atom. The van der Waals surface area contributed by atoms with Crippen LogP contribution < -0.4 is 14.4 Å². The van der Waals surface area contributed by atoms with E-state index in [-0.39, 0.29) is 0 Å². The van der Waals surface area contributed by atoms with E-state index in [2.05, 4.69) is 137 Å². The Morgan fingerprint density at radius 1 is 0.851 bits per heavy atom. The summed E-state index contributed by atoms with van der Waals surface area (Å²) in [6.07, 6.45) is 7.81. The third-order valence-corrected chi connectivity index (χ3v) is 14.3. The van der Waals surface area contributed by atoms with Gasteiger partial charge in [-0.15, -0.1) is 10.2 Å². The number of anilines is 2. The number of rotatable bonds is 12. The third-order valence-electron chi connectivity index (χ3n) is 9.31. The number of fused-ring (bicyclic) bond motifs is 2. The molecule has 3 heterocycles. The third kappa shape index (κ3) is 6.72. The fourth-order valence-corrected chi connectivity index (χ4v) is 11.3. The quantitative estimate of drug-likeness (QED) is 0.124. The molecule has 4 aromatic rings. The maximum atomic E-state index is 12.1. The number of benzene rings is 3. The summed E-state index contributed by atoms with van der Waals surface area (Å²) in [5.74, 6) is 1.93. The Morgan fingerprint density at radius 3 is 2.26 bits per heavy atom. The topological polar surface area (TPSA) is 51.0 Å². The maximum absolute atomic E-state index is 12.1. The van der Waals surface area contributed by atoms with Gasteiger partial charge in [-0.25, -0.2) is 0 Å². The van der Waals surface area contributed by atoms with Gasteiger partial charge in [0.1, 0.15) is 23.8 Å². The fourth-order valence-electron chi connectivity index (χ4n) is 6.74. The summed E-state index contributed by atoms with van der Waals surface area (Å²) in [6.45, 7) is 3.73. The molecule has 2 aliphatic heterocycles. The minimum atomic E-state index is -1.75. The van der Waals surface area contributed by atoms with Crippen LogP contribution in [0.25, 0.3) is 22.7 Å². The first-order valence-electron chi connectivity index (χ1n) is 16.4. The molecule has 0 amide bonds. The van der Waals surface area contributed by atoms with Crippen molar-refractivity contribution < 1.29 is 14.2 Å². The van der Waals surface area contributed by atoms with E-state index >= 15 is 0 Å². The van der Waals surface area contributed by atoms with E-state index in [9.17, 15) is 9.59 Å². The van der Waals surface area contributed by atoms with E-state index in [1.807, 2.05) is 0 Å². The van der Waals surface area contributed by atoms with Crippen molar-refractivity contribution in [2.75, 3.05) is 75.7 Å². The highest BCUT2D eigenvalue weighted by atomic mass is 32.3. The predicted molar refractivity (Wildman–Crippen MR) is 199 cm³/mol. The van der Waals surface area contributed by atoms with Gasteiger partial charge in [0.25, 0.3) is 5.82 Å². The maximum Gasteiger partial charge on any atom is 0.282 e. The standard InChI is InChI=1S/C38H46N5O2S2/c1-39(2)21-22-40(3)37-27-30(33-15-9-10-16-34(33)43(37)31-13-7-5-8-14-31)28-38-41(4)35-18-17-32(29-36(35)46-38)47(25-23-44,26-24-45)42-19-11-6-12-20-42/h5,7-10,13-18,23-24,27-29H,6,11-12,19-22,25-26H2,1-4H3/q+1. The van der Waals surface area contributed by atoms with Gasteiger partial charge in [0, 0.05) is 59.4 Å². The van der Waals surface area contributed by atoms with Gasteiger partial charge in [0.05, 0.1) is 24.3 Å². The number of carbonyl (C=O) groups is 2. The van der Waals surface area contributed by atoms with Crippen LogP contribution in [0.1, 0.15) is 24.8 Å². The lowest BCUT2D eigenvalue weighted by molar-refractivity contribution is -0.553. The summed E-state index contributed by atoms with van der Waals surface area (Å²) in [7, 11) is 6.78. The lowest BCUT2D eigenvalue weighted by Gasteiger charge is -2.49. The molecule has 0 aliphatic carbocycles. The van der Waals surface area contributed by atoms with Gasteiger partial charge < -0.3 is 19.4 Å². The lowest BCUT2D eigenvalue weighted by Crippen LogP contribution is -2.41. The highest BCUT2D eigenvalue weighted by Gasteiger charge is 2.35. The van der Waals surface area contributed by atoms with Crippen molar-refractivity contribution in [1.29, 1.82) is 0 Å². The molecule has 1 fully saturated rings. The zero-order valence-electron chi connectivity index (χ0n) is 28.0. The second-order valence-corrected chi connectivity index (χ2v) is 17.0. The second-order valence-electron chi connectivity index (χ2n) is 12.6. The average molecular weight is 669 g/mol. The molecule has 1 aromatic heterocycles. The summed E-state index contributed by atoms with van der Waals surface area (Å²) >= 11 is 1.77. The Kier molecular flexibility index (Phi) is 10.4. The SMILES string of the molecule is CN(C)CCN(C)c1cc(C=C2Sc3cc(S(CC=O)(CC=O)N4CCCCC4)ccc3N2C)c2ccccc2[n+]1-c1ccccc1. The highest BCUT2D eigenvalue weighted by Crippen LogP contribution is 2.60. The molecule has 0 N–H and O–H groups in total. The highest BCUT2D eigenvalue weighted by molar-refractivity contribution is 8.32. The molecule has 47 heavy (non-hydrogen) atoms. The molecule has 7 nitrogen and oxygen atoms in total. The van der Waals surface area contributed by atoms with Gasteiger partial charge in [-0.1, -0.05) is 54.6 Å². The molecule has 246 valence electrons. The number of thioether (sulfide) groups is 1. The molecule has 1 saturated heterocycles. The number of nitrogens with zero attached hydrogens (tertiary/aromatic N) is 5. The van der Waals surface area contributed by atoms with E-state index in [0.717, 1.165) is 89.8 Å². The second kappa shape index (κ2) is 14.6. The van der Waals surface area contributed by atoms with Crippen LogP contribution in [0.3, 0.4) is 0 Å². The van der Waals surface area contributed by atoms with Crippen molar-refractivity contribution in [3.63, 3.8) is 0 Å². The number of aromatic nitrogens is 1. The summed E-state index contributed by atoms with van der Waals surface area (Å²) in [5, 5.41) is 2.33. The van der Waals surface area contributed by atoms with Gasteiger partial charge in [0.15, 0.2) is 0 Å². The van der Waals surface area contributed by atoms with Crippen molar-refractivity contribution >= 4 is 63.0 Å². The van der Waals surface area contributed by atoms with Gasteiger partial charge in [-0.3, -0.25) is 9.21 Å². The molecule has 2 aliphatic rings. The first-order valence-corrected chi connectivity index (χ1v) is 19.2. The Labute approximate surface area is 285 Å². The number of likely N-dealkylation sites (N-methyl/N-ethyl adjacent to an activating group) is 2. The first kappa shape index (κ1) is 33.3. The first-order chi connectivity index (χ1) is 22.9. The smallest absolute Gasteiger partial charge is 0.282 e. The Balaban J connectivity index is 1.43. The minimum absolute atomic E-state index is 0.398. The van der Waals surface area contributed by atoms with Crippen LogP contribution in [-0.4, -0.2) is 87.7 Å². The van der Waals surface area contributed by atoms with Crippen molar-refractivity contribution in [1.82, 2.24) is 9.21 Å². The minimum Gasteiger partial charge on any atom is -0.338 e. The zero-order chi connectivity index (χ0) is 33.0. The normalized spacial score (nSPS) is 16.5. The fraction of sp³-hybridized carbons (Fsp3) is 0.342. The monoisotopic (exact) mass is 668 g/mol. The number of hydrogen-bond acceptors (Lipinski definition) is 7. The van der Waals surface area contributed by atoms with Gasteiger partial charge in [-0.05, 0) is 75.0 Å². The van der Waals surface area contributed by atoms with E-state index in [4.69, 9.17) is 0 Å². The van der Waals surface area contributed by atoms with E-state index in [0.29, 0.717) is 11.5 Å². The van der Waals surface area contributed by atoms with Crippen LogP contribution in [0.5, 0.6) is 0 Å². The van der Waals surface area contributed by atoms with Crippen LogP contribution >= 0.6 is 22.0 Å². The van der Waals surface area contributed by atoms with Crippen molar-refractivity contribution in [3.05, 3.63) is 89.5 Å².